The second kappa shape index (κ2) is 4.15. The van der Waals surface area contributed by atoms with Crippen LogP contribution in [0, 0.1) is 0 Å². The number of benzene rings is 1. The maximum absolute atomic E-state index is 9.42. The fraction of sp³-hybridized carbons (Fsp3) is 0.0833. The summed E-state index contributed by atoms with van der Waals surface area (Å²) in [5.41, 5.74) is 8.54. The largest absolute Gasteiger partial charge is 0.432 e. The first-order valence-corrected chi connectivity index (χ1v) is 6.10. The van der Waals surface area contributed by atoms with Gasteiger partial charge in [-0.3, -0.25) is 0 Å². The molecule has 0 aliphatic carbocycles. The Labute approximate surface area is 111 Å². The second-order valence-electron chi connectivity index (χ2n) is 3.90. The maximum atomic E-state index is 9.42. The van der Waals surface area contributed by atoms with Crippen molar-refractivity contribution in [2.45, 2.75) is 6.61 Å². The Morgan fingerprint density at radius 1 is 1.44 bits per heavy atom. The van der Waals surface area contributed by atoms with E-state index in [1.165, 1.54) is 6.26 Å². The normalized spacial score (nSPS) is 11.2. The van der Waals surface area contributed by atoms with Crippen LogP contribution < -0.4 is 5.73 Å². The number of aliphatic hydroxyl groups is 1. The van der Waals surface area contributed by atoms with Gasteiger partial charge in [0.15, 0.2) is 0 Å². The lowest BCUT2D eigenvalue weighted by molar-refractivity contribution is 0.278. The first-order valence-electron chi connectivity index (χ1n) is 5.31. The number of H-pyrrole nitrogens is 1. The molecule has 0 amide bonds. The number of nitrogen functional groups attached to an aromatic ring is 1. The minimum atomic E-state index is -0.103. The Morgan fingerprint density at radius 3 is 2.94 bits per heavy atom. The van der Waals surface area contributed by atoms with Crippen LogP contribution in [0.4, 0.5) is 6.01 Å². The smallest absolute Gasteiger partial charge is 0.292 e. The van der Waals surface area contributed by atoms with Gasteiger partial charge in [0, 0.05) is 20.9 Å². The quantitative estimate of drug-likeness (QED) is 0.679. The summed E-state index contributed by atoms with van der Waals surface area (Å²) < 4.78 is 5.98. The van der Waals surface area contributed by atoms with E-state index in [0.717, 1.165) is 20.9 Å². The molecule has 0 atom stereocenters. The molecule has 0 radical (unpaired) electrons. The number of nitrogens with zero attached hydrogens (tertiary/aromatic N) is 1. The van der Waals surface area contributed by atoms with Gasteiger partial charge < -0.3 is 20.2 Å². The second-order valence-corrected chi connectivity index (χ2v) is 4.81. The van der Waals surface area contributed by atoms with E-state index < -0.39 is 0 Å². The van der Waals surface area contributed by atoms with Gasteiger partial charge in [-0.1, -0.05) is 15.9 Å². The average Bonchev–Trinajstić information content (AvgIpc) is 2.91. The summed E-state index contributed by atoms with van der Waals surface area (Å²) in [7, 11) is 0. The van der Waals surface area contributed by atoms with Crippen LogP contribution in [-0.2, 0) is 6.61 Å². The third-order valence-corrected chi connectivity index (χ3v) is 3.27. The van der Waals surface area contributed by atoms with Crippen molar-refractivity contribution in [2.24, 2.45) is 0 Å². The molecule has 4 N–H and O–H groups in total. The van der Waals surface area contributed by atoms with Crippen molar-refractivity contribution in [3.8, 4) is 11.3 Å². The lowest BCUT2D eigenvalue weighted by atomic mass is 10.1. The summed E-state index contributed by atoms with van der Waals surface area (Å²) in [5, 5.41) is 10.4. The summed E-state index contributed by atoms with van der Waals surface area (Å²) in [4.78, 5) is 7.26. The number of oxazole rings is 1. The first-order chi connectivity index (χ1) is 8.69. The van der Waals surface area contributed by atoms with Gasteiger partial charge >= 0.3 is 0 Å². The van der Waals surface area contributed by atoms with Gasteiger partial charge in [0.1, 0.15) is 12.0 Å². The molecule has 0 unspecified atom stereocenters. The fourth-order valence-corrected chi connectivity index (χ4v) is 2.39. The van der Waals surface area contributed by atoms with E-state index in [1.54, 1.807) is 0 Å². The highest BCUT2D eigenvalue weighted by Crippen LogP contribution is 2.33. The number of halogens is 1. The molecule has 1 aromatic carbocycles. The van der Waals surface area contributed by atoms with Crippen molar-refractivity contribution in [3.63, 3.8) is 0 Å². The maximum Gasteiger partial charge on any atom is 0.292 e. The number of aliphatic hydroxyl groups excluding tert-OH is 1. The van der Waals surface area contributed by atoms with Crippen LogP contribution in [0.1, 0.15) is 5.69 Å². The van der Waals surface area contributed by atoms with Gasteiger partial charge in [0.2, 0.25) is 0 Å². The van der Waals surface area contributed by atoms with Crippen LogP contribution in [0.5, 0.6) is 0 Å². The summed E-state index contributed by atoms with van der Waals surface area (Å²) in [6.07, 6.45) is 1.48. The van der Waals surface area contributed by atoms with Crippen LogP contribution in [0.15, 0.2) is 33.4 Å². The summed E-state index contributed by atoms with van der Waals surface area (Å²) in [6.45, 7) is -0.103. The first kappa shape index (κ1) is 11.3. The van der Waals surface area contributed by atoms with E-state index >= 15 is 0 Å². The SMILES string of the molecule is Nc1nc(-c2c(CO)[nH]c3ccc(Br)cc23)co1. The molecular formula is C12H10BrN3O2. The summed E-state index contributed by atoms with van der Waals surface area (Å²) in [6, 6.07) is 5.94. The topological polar surface area (TPSA) is 88.1 Å². The van der Waals surface area contributed by atoms with Gasteiger partial charge in [-0.25, -0.2) is 0 Å². The molecule has 0 bridgehead atoms. The van der Waals surface area contributed by atoms with Crippen molar-refractivity contribution < 1.29 is 9.52 Å². The molecule has 3 rings (SSSR count). The van der Waals surface area contributed by atoms with Crippen molar-refractivity contribution in [3.05, 3.63) is 34.6 Å². The number of hydrogen-bond donors (Lipinski definition) is 3. The molecule has 0 aliphatic rings. The zero-order valence-electron chi connectivity index (χ0n) is 9.27. The Morgan fingerprint density at radius 2 is 2.28 bits per heavy atom. The highest BCUT2D eigenvalue weighted by atomic mass is 79.9. The molecule has 0 fully saturated rings. The third-order valence-electron chi connectivity index (χ3n) is 2.77. The number of rotatable bonds is 2. The predicted molar refractivity (Wildman–Crippen MR) is 71.8 cm³/mol. The zero-order chi connectivity index (χ0) is 12.7. The minimum Gasteiger partial charge on any atom is -0.432 e. The van der Waals surface area contributed by atoms with Crippen LogP contribution in [-0.4, -0.2) is 15.1 Å². The van der Waals surface area contributed by atoms with Crippen LogP contribution in [0.2, 0.25) is 0 Å². The molecule has 3 aromatic rings. The summed E-state index contributed by atoms with van der Waals surface area (Å²) >= 11 is 3.43. The average molecular weight is 308 g/mol. The van der Waals surface area contributed by atoms with E-state index in [1.807, 2.05) is 18.2 Å². The van der Waals surface area contributed by atoms with Gasteiger partial charge in [0.25, 0.3) is 6.01 Å². The molecule has 92 valence electrons. The van der Waals surface area contributed by atoms with Gasteiger partial charge in [-0.15, -0.1) is 0 Å². The minimum absolute atomic E-state index is 0.103. The molecule has 0 aliphatic heterocycles. The number of aromatic amines is 1. The molecule has 0 saturated heterocycles. The Bertz CT molecular complexity index is 717. The van der Waals surface area contributed by atoms with Gasteiger partial charge in [-0.05, 0) is 18.2 Å². The van der Waals surface area contributed by atoms with E-state index in [9.17, 15) is 5.11 Å². The molecule has 0 saturated carbocycles. The summed E-state index contributed by atoms with van der Waals surface area (Å²) in [5.74, 6) is 0. The van der Waals surface area contributed by atoms with Crippen molar-refractivity contribution in [2.75, 3.05) is 5.73 Å². The Kier molecular flexibility index (Phi) is 2.61. The lowest BCUT2D eigenvalue weighted by Crippen LogP contribution is -1.88. The third kappa shape index (κ3) is 1.70. The zero-order valence-corrected chi connectivity index (χ0v) is 10.9. The van der Waals surface area contributed by atoms with Crippen LogP contribution in [0.3, 0.4) is 0 Å². The number of aromatic nitrogens is 2. The van der Waals surface area contributed by atoms with Crippen molar-refractivity contribution in [1.82, 2.24) is 9.97 Å². The Balaban J connectivity index is 2.34. The fourth-order valence-electron chi connectivity index (χ4n) is 2.03. The molecule has 18 heavy (non-hydrogen) atoms. The molecule has 6 heteroatoms. The number of nitrogens with one attached hydrogen (secondary N) is 1. The number of anilines is 1. The monoisotopic (exact) mass is 307 g/mol. The predicted octanol–water partition coefficient (Wildman–Crippen LogP) is 2.66. The van der Waals surface area contributed by atoms with E-state index in [0.29, 0.717) is 11.4 Å². The standard InChI is InChI=1S/C12H10BrN3O2/c13-6-1-2-8-7(3-6)11(9(4-17)15-8)10-5-18-12(14)16-10/h1-3,5,15,17H,4H2,(H2,14,16). The lowest BCUT2D eigenvalue weighted by Gasteiger charge is -1.97. The van der Waals surface area contributed by atoms with Crippen LogP contribution >= 0.6 is 15.9 Å². The Hall–Kier alpha value is -1.79. The van der Waals surface area contributed by atoms with Gasteiger partial charge in [0.05, 0.1) is 12.3 Å². The molecule has 0 spiro atoms. The number of hydrogen-bond acceptors (Lipinski definition) is 4. The van der Waals surface area contributed by atoms with E-state index in [-0.39, 0.29) is 12.6 Å². The molecule has 2 aromatic heterocycles. The van der Waals surface area contributed by atoms with Crippen molar-refractivity contribution >= 4 is 32.8 Å². The van der Waals surface area contributed by atoms with Crippen molar-refractivity contribution in [1.29, 1.82) is 0 Å². The van der Waals surface area contributed by atoms with Gasteiger partial charge in [-0.2, -0.15) is 4.98 Å². The molecular weight excluding hydrogens is 298 g/mol. The van der Waals surface area contributed by atoms with Crippen LogP contribution in [0.25, 0.3) is 22.2 Å². The number of fused-ring (bicyclic) bond motifs is 1. The number of nitrogens with two attached hydrogens (primary N) is 1. The highest BCUT2D eigenvalue weighted by molar-refractivity contribution is 9.10. The van der Waals surface area contributed by atoms with E-state index in [4.69, 9.17) is 10.2 Å². The molecule has 2 heterocycles. The molecule has 5 nitrogen and oxygen atoms in total. The van der Waals surface area contributed by atoms with E-state index in [2.05, 4.69) is 25.9 Å². The highest BCUT2D eigenvalue weighted by Gasteiger charge is 2.16.